The maximum atomic E-state index is 14.9. The number of benzene rings is 2. The molecule has 4 rings (SSSR count). The second-order valence-corrected chi connectivity index (χ2v) is 22.6. The third-order valence-corrected chi connectivity index (χ3v) is 15.6. The minimum Gasteiger partial charge on any atom is -0.508 e. The van der Waals surface area contributed by atoms with Gasteiger partial charge in [-0.1, -0.05) is 64.1 Å². The van der Waals surface area contributed by atoms with Crippen LogP contribution in [0.25, 0.3) is 0 Å². The van der Waals surface area contributed by atoms with Crippen molar-refractivity contribution < 1.29 is 72.5 Å². The Labute approximate surface area is 501 Å². The number of aliphatic imine (C=N–C) groups is 1. The molecule has 0 aliphatic carbocycles. The zero-order chi connectivity index (χ0) is 63.6. The molecule has 2 heterocycles. The molecular weight excluding hydrogens is 1170 g/mol. The molecule has 0 bridgehead atoms. The van der Waals surface area contributed by atoms with Crippen molar-refractivity contribution in [3.63, 3.8) is 0 Å². The lowest BCUT2D eigenvalue weighted by Gasteiger charge is -2.31. The predicted molar refractivity (Wildman–Crippen MR) is 312 cm³/mol. The Kier molecular flexibility index (Phi) is 28.3. The van der Waals surface area contributed by atoms with E-state index in [1.54, 1.807) is 30.3 Å². The molecule has 470 valence electrons. The minimum absolute atomic E-state index is 0.0434. The summed E-state index contributed by atoms with van der Waals surface area (Å²) in [5.41, 5.74) is 33.7. The van der Waals surface area contributed by atoms with Gasteiger partial charge in [-0.3, -0.25) is 67.3 Å². The van der Waals surface area contributed by atoms with Crippen LogP contribution in [0.2, 0.25) is 0 Å². The zero-order valence-electron chi connectivity index (χ0n) is 47.0. The van der Waals surface area contributed by atoms with Gasteiger partial charge in [-0.15, -0.1) is 0 Å². The van der Waals surface area contributed by atoms with Gasteiger partial charge in [0.15, 0.2) is 5.96 Å². The van der Waals surface area contributed by atoms with Crippen molar-refractivity contribution in [2.45, 2.75) is 125 Å². The fourth-order valence-electron chi connectivity index (χ4n) is 8.66. The first-order chi connectivity index (χ1) is 40.8. The number of phenolic OH excluding ortho intramolecular Hbond substituents is 1. The fraction of sp³-hybridized carbons (Fsp3) is 0.500. The van der Waals surface area contributed by atoms with E-state index in [2.05, 4.69) is 52.8 Å². The summed E-state index contributed by atoms with van der Waals surface area (Å²) in [4.78, 5) is 183. The second-order valence-electron chi connectivity index (χ2n) is 20.1. The number of aliphatic hydroxyl groups is 1. The SMILES string of the molecule is C[C@H](NC(=O)[C@@H](N)CO)C(=O)N[C@H]1CSSC[C@@H](C(=O)N2CCC[C@H]2C(=O)N[C@@H](CCCN=C(N)N)C(=O)NCC(N)=O)NC(=O)[C@H](CC(N)=O)NC(=O)[C@H](CCC(N)=O)NC(=O)[C@@H](Cc2ccccc2)NC(=O)[C@H](Cc2ccc(O)cc2)NC1=O. The Hall–Kier alpha value is -8.76. The van der Waals surface area contributed by atoms with E-state index in [1.807, 2.05) is 0 Å². The molecule has 2 aliphatic heterocycles. The van der Waals surface area contributed by atoms with Crippen LogP contribution >= 0.6 is 21.6 Å². The Balaban J connectivity index is 1.83. The number of nitrogens with zero attached hydrogens (tertiary/aromatic N) is 2. The number of rotatable bonds is 24. The molecule has 13 amide bonds. The molecule has 32 nitrogen and oxygen atoms in total. The zero-order valence-corrected chi connectivity index (χ0v) is 48.6. The van der Waals surface area contributed by atoms with Crippen LogP contribution in [0.3, 0.4) is 0 Å². The lowest BCUT2D eigenvalue weighted by Crippen LogP contribution is -2.61. The van der Waals surface area contributed by atoms with Crippen molar-refractivity contribution in [2.75, 3.05) is 37.7 Å². The van der Waals surface area contributed by atoms with Crippen LogP contribution in [0, 0.1) is 0 Å². The first-order valence-electron chi connectivity index (χ1n) is 27.1. The monoisotopic (exact) mass is 1240 g/mol. The van der Waals surface area contributed by atoms with E-state index in [-0.39, 0.29) is 69.1 Å². The number of guanidine groups is 1. The summed E-state index contributed by atoms with van der Waals surface area (Å²) in [6.45, 7) is -0.124. The number of likely N-dealkylation sites (tertiary alicyclic amines) is 1. The molecule has 10 atom stereocenters. The smallest absolute Gasteiger partial charge is 0.246 e. The van der Waals surface area contributed by atoms with E-state index in [1.165, 1.54) is 31.2 Å². The molecule has 86 heavy (non-hydrogen) atoms. The topological polar surface area (TPSA) is 542 Å². The molecule has 2 aliphatic rings. The summed E-state index contributed by atoms with van der Waals surface area (Å²) < 4.78 is 0. The second kappa shape index (κ2) is 34.9. The summed E-state index contributed by atoms with van der Waals surface area (Å²) in [5.74, 6) is -13.8. The Morgan fingerprint density at radius 3 is 1.88 bits per heavy atom. The summed E-state index contributed by atoms with van der Waals surface area (Å²) in [7, 11) is 1.71. The molecule has 2 aromatic carbocycles. The summed E-state index contributed by atoms with van der Waals surface area (Å²) in [6.07, 6.45) is -2.06. The van der Waals surface area contributed by atoms with Crippen molar-refractivity contribution >= 4 is 104 Å². The molecule has 0 unspecified atom stereocenters. The molecule has 2 saturated heterocycles. The van der Waals surface area contributed by atoms with Crippen molar-refractivity contribution in [2.24, 2.45) is 39.4 Å². The first kappa shape index (κ1) is 69.7. The van der Waals surface area contributed by atoms with E-state index >= 15 is 0 Å². The van der Waals surface area contributed by atoms with Crippen LogP contribution in [0.15, 0.2) is 59.6 Å². The van der Waals surface area contributed by atoms with Crippen molar-refractivity contribution in [3.8, 4) is 5.75 Å². The maximum absolute atomic E-state index is 14.9. The molecule has 23 N–H and O–H groups in total. The number of carbonyl (C=O) groups is 13. The first-order valence-corrected chi connectivity index (χ1v) is 29.6. The highest BCUT2D eigenvalue weighted by Crippen LogP contribution is 2.26. The van der Waals surface area contributed by atoms with Crippen LogP contribution in [0.4, 0.5) is 0 Å². The van der Waals surface area contributed by atoms with E-state index in [0.29, 0.717) is 11.1 Å². The summed E-state index contributed by atoms with van der Waals surface area (Å²) in [6, 6.07) is -1.60. The molecule has 0 saturated carbocycles. The molecular formula is C52H75N17O15S2. The van der Waals surface area contributed by atoms with Crippen LogP contribution in [0.5, 0.6) is 5.75 Å². The molecule has 2 aromatic rings. The van der Waals surface area contributed by atoms with Gasteiger partial charge in [0.1, 0.15) is 66.2 Å². The molecule has 2 fully saturated rings. The van der Waals surface area contributed by atoms with Crippen molar-refractivity contribution in [1.29, 1.82) is 0 Å². The van der Waals surface area contributed by atoms with E-state index in [4.69, 9.17) is 34.4 Å². The average molecular weight is 1240 g/mol. The Bertz CT molecular complexity index is 2800. The minimum atomic E-state index is -1.89. The number of aliphatic hydroxyl groups excluding tert-OH is 1. The summed E-state index contributed by atoms with van der Waals surface area (Å²) >= 11 is 0. The van der Waals surface area contributed by atoms with Gasteiger partial charge in [0.2, 0.25) is 76.8 Å². The number of hydrogen-bond donors (Lipinski definition) is 17. The third-order valence-electron chi connectivity index (χ3n) is 13.2. The van der Waals surface area contributed by atoms with Gasteiger partial charge in [0, 0.05) is 43.9 Å². The normalized spacial score (nSPS) is 21.8. The Morgan fingerprint density at radius 1 is 0.698 bits per heavy atom. The van der Waals surface area contributed by atoms with Gasteiger partial charge in [-0.25, -0.2) is 0 Å². The number of nitrogens with two attached hydrogens (primary N) is 6. The molecule has 0 radical (unpaired) electrons. The van der Waals surface area contributed by atoms with Crippen LogP contribution in [-0.4, -0.2) is 196 Å². The predicted octanol–water partition coefficient (Wildman–Crippen LogP) is -7.42. The van der Waals surface area contributed by atoms with Gasteiger partial charge < -0.3 is 97.4 Å². The average Bonchev–Trinajstić information content (AvgIpc) is 4.13. The van der Waals surface area contributed by atoms with Crippen molar-refractivity contribution in [1.82, 2.24) is 52.8 Å². The van der Waals surface area contributed by atoms with Crippen LogP contribution < -0.4 is 82.3 Å². The van der Waals surface area contributed by atoms with E-state index in [0.717, 1.165) is 26.5 Å². The van der Waals surface area contributed by atoms with E-state index in [9.17, 15) is 72.5 Å². The number of aromatic hydroxyl groups is 1. The van der Waals surface area contributed by atoms with Gasteiger partial charge in [-0.05, 0) is 62.3 Å². The Morgan fingerprint density at radius 2 is 1.28 bits per heavy atom. The van der Waals surface area contributed by atoms with Crippen molar-refractivity contribution in [3.05, 3.63) is 65.7 Å². The molecule has 0 spiro atoms. The molecule has 0 aromatic heterocycles. The highest BCUT2D eigenvalue weighted by Gasteiger charge is 2.41. The van der Waals surface area contributed by atoms with Crippen LogP contribution in [-0.2, 0) is 75.2 Å². The number of nitrogens with one attached hydrogen (secondary N) is 9. The number of primary amides is 3. The standard InChI is InChI=1S/C52H75N17O15S2/c1-26(61-43(76)30(53)23-70)42(75)67-36-24-85-86-25-37(51(84)69-18-6-10-38(69)50(83)63-31(9-5-17-59-52(57)58)44(77)60-22-41(56)74)68-48(81)35(21-40(55)73)66-45(78)32(15-16-39(54)72)62-46(79)33(19-27-7-3-2-4-8-27)64-47(80)34(65-49(36)82)20-28-11-13-29(71)14-12-28/h2-4,7-8,11-14,26,30-38,70-71H,5-6,9-10,15-25,53H2,1H3,(H2,54,72)(H2,55,73)(H2,56,74)(H,60,77)(H,61,76)(H,62,79)(H,63,83)(H,64,80)(H,65,82)(H,66,78)(H,67,75)(H,68,81)(H4,57,58,59)/t26-,30-,31-,32-,33+,34-,35-,36-,37-,38-/m0/s1. The van der Waals surface area contributed by atoms with Gasteiger partial charge in [-0.2, -0.15) is 0 Å². The third kappa shape index (κ3) is 23.4. The lowest BCUT2D eigenvalue weighted by atomic mass is 10.0. The largest absolute Gasteiger partial charge is 0.508 e. The van der Waals surface area contributed by atoms with Gasteiger partial charge in [0.05, 0.1) is 19.6 Å². The van der Waals surface area contributed by atoms with Gasteiger partial charge in [0.25, 0.3) is 0 Å². The highest BCUT2D eigenvalue weighted by molar-refractivity contribution is 8.76. The quantitative estimate of drug-likeness (QED) is 0.0201. The number of hydrogen-bond acceptors (Lipinski definition) is 19. The number of carbonyl (C=O) groups excluding carboxylic acids is 13. The maximum Gasteiger partial charge on any atom is 0.246 e. The van der Waals surface area contributed by atoms with Gasteiger partial charge >= 0.3 is 0 Å². The van der Waals surface area contributed by atoms with Crippen LogP contribution in [0.1, 0.15) is 63.0 Å². The summed E-state index contributed by atoms with van der Waals surface area (Å²) in [5, 5.41) is 41.9. The lowest BCUT2D eigenvalue weighted by molar-refractivity contribution is -0.142. The molecule has 34 heteroatoms. The number of amides is 13. The highest BCUT2D eigenvalue weighted by atomic mass is 33.1. The number of phenols is 1. The van der Waals surface area contributed by atoms with E-state index < -0.39 is 175 Å². The fourth-order valence-corrected chi connectivity index (χ4v) is 11.0.